The third kappa shape index (κ3) is 4.30. The number of hydrogen-bond donors (Lipinski definition) is 2. The van der Waals surface area contributed by atoms with E-state index in [4.69, 9.17) is 5.73 Å². The number of aryl methyl sites for hydroxylation is 1. The molecule has 144 valence electrons. The molecule has 0 unspecified atom stereocenters. The molecule has 0 saturated carbocycles. The van der Waals surface area contributed by atoms with Crippen LogP contribution in [0.5, 0.6) is 0 Å². The van der Waals surface area contributed by atoms with Gasteiger partial charge in [0.15, 0.2) is 0 Å². The maximum Gasteiger partial charge on any atom is 0.263 e. The molecule has 0 fully saturated rings. The molecule has 0 spiro atoms. The summed E-state index contributed by atoms with van der Waals surface area (Å²) in [6.45, 7) is 3.07. The normalized spacial score (nSPS) is 14.4. The lowest BCUT2D eigenvalue weighted by Crippen LogP contribution is -2.39. The van der Waals surface area contributed by atoms with E-state index in [-0.39, 0.29) is 29.6 Å². The molecule has 1 aromatic carbocycles. The summed E-state index contributed by atoms with van der Waals surface area (Å²) in [5.74, 6) is -0.335. The third-order valence-electron chi connectivity index (χ3n) is 5.32. The van der Waals surface area contributed by atoms with Crippen LogP contribution >= 0.6 is 0 Å². The highest BCUT2D eigenvalue weighted by Gasteiger charge is 2.22. The molecule has 27 heavy (non-hydrogen) atoms. The highest BCUT2D eigenvalue weighted by molar-refractivity contribution is 5.94. The van der Waals surface area contributed by atoms with Crippen LogP contribution in [0.25, 0.3) is 0 Å². The van der Waals surface area contributed by atoms with Gasteiger partial charge in [0.25, 0.3) is 11.5 Å². The summed E-state index contributed by atoms with van der Waals surface area (Å²) < 4.78 is 1.84. The summed E-state index contributed by atoms with van der Waals surface area (Å²) in [6.07, 6.45) is 6.02. The Hall–Kier alpha value is -2.40. The molecule has 0 saturated heterocycles. The van der Waals surface area contributed by atoms with E-state index in [0.29, 0.717) is 6.54 Å². The molecule has 1 heterocycles. The Morgan fingerprint density at radius 3 is 2.67 bits per heavy atom. The summed E-state index contributed by atoms with van der Waals surface area (Å²) in [6, 6.07) is 11.1. The number of carbonyl (C=O) groups excluding carboxylic acids is 1. The zero-order chi connectivity index (χ0) is 19.2. The average Bonchev–Trinajstić information content (AvgIpc) is 2.71. The Labute approximate surface area is 160 Å². The van der Waals surface area contributed by atoms with Crippen molar-refractivity contribution < 1.29 is 4.79 Å². The number of hydrogen-bond acceptors (Lipinski definition) is 3. The van der Waals surface area contributed by atoms with Crippen LogP contribution in [0.4, 0.5) is 0 Å². The van der Waals surface area contributed by atoms with Crippen LogP contribution in [-0.4, -0.2) is 17.0 Å². The minimum absolute atomic E-state index is 0.176. The lowest BCUT2D eigenvalue weighted by atomic mass is 9.94. The summed E-state index contributed by atoms with van der Waals surface area (Å²) in [5, 5.41) is 2.95. The molecule has 1 amide bonds. The molecule has 1 atom stereocenters. The fraction of sp³-hybridized carbons (Fsp3) is 0.455. The fourth-order valence-corrected chi connectivity index (χ4v) is 3.80. The number of pyridine rings is 1. The van der Waals surface area contributed by atoms with E-state index in [9.17, 15) is 9.59 Å². The van der Waals surface area contributed by atoms with Crippen molar-refractivity contribution in [3.05, 3.63) is 69.1 Å². The SMILES string of the molecule is CCCCn1c2c(cc(C(=O)N[C@H](CN)c3ccccc3)c1=O)CCCC2. The first-order valence-electron chi connectivity index (χ1n) is 9.97. The molecule has 1 aromatic heterocycles. The molecule has 0 aliphatic heterocycles. The van der Waals surface area contributed by atoms with E-state index >= 15 is 0 Å². The number of amides is 1. The number of nitrogens with one attached hydrogen (secondary N) is 1. The molecule has 0 radical (unpaired) electrons. The lowest BCUT2D eigenvalue weighted by Gasteiger charge is -2.23. The molecule has 0 bridgehead atoms. The van der Waals surface area contributed by atoms with Crippen molar-refractivity contribution in [1.29, 1.82) is 0 Å². The van der Waals surface area contributed by atoms with Crippen molar-refractivity contribution in [2.75, 3.05) is 6.54 Å². The Balaban J connectivity index is 1.93. The summed E-state index contributed by atoms with van der Waals surface area (Å²) >= 11 is 0. The second kappa shape index (κ2) is 9.00. The van der Waals surface area contributed by atoms with Gasteiger partial charge in [-0.1, -0.05) is 43.7 Å². The summed E-state index contributed by atoms with van der Waals surface area (Å²) in [4.78, 5) is 26.0. The number of unbranched alkanes of at least 4 members (excludes halogenated alkanes) is 1. The largest absolute Gasteiger partial charge is 0.344 e. The number of nitrogens with zero attached hydrogens (tertiary/aromatic N) is 1. The molecule has 1 aliphatic rings. The van der Waals surface area contributed by atoms with Gasteiger partial charge in [-0.2, -0.15) is 0 Å². The summed E-state index contributed by atoms with van der Waals surface area (Å²) in [7, 11) is 0. The van der Waals surface area contributed by atoms with Gasteiger partial charge in [-0.15, -0.1) is 0 Å². The van der Waals surface area contributed by atoms with E-state index < -0.39 is 0 Å². The maximum absolute atomic E-state index is 13.1. The van der Waals surface area contributed by atoms with Gasteiger partial charge in [-0.05, 0) is 49.3 Å². The van der Waals surface area contributed by atoms with Crippen molar-refractivity contribution in [1.82, 2.24) is 9.88 Å². The highest BCUT2D eigenvalue weighted by atomic mass is 16.2. The lowest BCUT2D eigenvalue weighted by molar-refractivity contribution is 0.0935. The highest BCUT2D eigenvalue weighted by Crippen LogP contribution is 2.21. The van der Waals surface area contributed by atoms with Crippen LogP contribution in [0.3, 0.4) is 0 Å². The van der Waals surface area contributed by atoms with E-state index in [1.165, 1.54) is 0 Å². The van der Waals surface area contributed by atoms with Crippen LogP contribution in [0.15, 0.2) is 41.2 Å². The minimum Gasteiger partial charge on any atom is -0.344 e. The first-order valence-corrected chi connectivity index (χ1v) is 9.97. The van der Waals surface area contributed by atoms with Crippen molar-refractivity contribution in [2.24, 2.45) is 5.73 Å². The van der Waals surface area contributed by atoms with Crippen LogP contribution in [-0.2, 0) is 19.4 Å². The Bertz CT molecular complexity index is 843. The molecule has 2 aromatic rings. The van der Waals surface area contributed by atoms with Gasteiger partial charge in [-0.25, -0.2) is 0 Å². The van der Waals surface area contributed by atoms with Gasteiger partial charge < -0.3 is 15.6 Å². The van der Waals surface area contributed by atoms with Gasteiger partial charge in [0.05, 0.1) is 6.04 Å². The fourth-order valence-electron chi connectivity index (χ4n) is 3.80. The van der Waals surface area contributed by atoms with Crippen molar-refractivity contribution in [3.63, 3.8) is 0 Å². The average molecular weight is 367 g/mol. The first-order chi connectivity index (χ1) is 13.2. The predicted molar refractivity (Wildman–Crippen MR) is 108 cm³/mol. The predicted octanol–water partition coefficient (Wildman–Crippen LogP) is 2.96. The van der Waals surface area contributed by atoms with Gasteiger partial charge in [0, 0.05) is 18.8 Å². The first kappa shape index (κ1) is 19.4. The summed E-state index contributed by atoms with van der Waals surface area (Å²) in [5.41, 5.74) is 9.15. The Morgan fingerprint density at radius 2 is 1.96 bits per heavy atom. The molecular weight excluding hydrogens is 338 g/mol. The Morgan fingerprint density at radius 1 is 1.22 bits per heavy atom. The molecule has 3 N–H and O–H groups in total. The molecule has 5 nitrogen and oxygen atoms in total. The maximum atomic E-state index is 13.1. The topological polar surface area (TPSA) is 77.1 Å². The molecule has 5 heteroatoms. The number of carbonyl (C=O) groups is 1. The minimum atomic E-state index is -0.335. The zero-order valence-corrected chi connectivity index (χ0v) is 16.0. The van der Waals surface area contributed by atoms with Crippen molar-refractivity contribution in [2.45, 2.75) is 58.0 Å². The van der Waals surface area contributed by atoms with Crippen LogP contribution < -0.4 is 16.6 Å². The van der Waals surface area contributed by atoms with E-state index in [1.807, 2.05) is 41.0 Å². The Kier molecular flexibility index (Phi) is 6.45. The second-order valence-electron chi connectivity index (χ2n) is 7.22. The van der Waals surface area contributed by atoms with Gasteiger partial charge in [0.1, 0.15) is 5.56 Å². The number of rotatable bonds is 7. The van der Waals surface area contributed by atoms with Gasteiger partial charge in [-0.3, -0.25) is 9.59 Å². The second-order valence-corrected chi connectivity index (χ2v) is 7.22. The van der Waals surface area contributed by atoms with Gasteiger partial charge in [0.2, 0.25) is 0 Å². The monoisotopic (exact) mass is 367 g/mol. The zero-order valence-electron chi connectivity index (χ0n) is 16.0. The van der Waals surface area contributed by atoms with E-state index in [2.05, 4.69) is 12.2 Å². The van der Waals surface area contributed by atoms with E-state index in [1.54, 1.807) is 0 Å². The number of aromatic nitrogens is 1. The standard InChI is InChI=1S/C22H29N3O2/c1-2-3-13-25-20-12-8-7-11-17(20)14-18(22(25)27)21(26)24-19(15-23)16-9-5-4-6-10-16/h4-6,9-10,14,19H,2-3,7-8,11-13,15,23H2,1H3,(H,24,26)/t19-/m1/s1. The van der Waals surface area contributed by atoms with Crippen molar-refractivity contribution in [3.8, 4) is 0 Å². The van der Waals surface area contributed by atoms with Gasteiger partial charge >= 0.3 is 0 Å². The van der Waals surface area contributed by atoms with Crippen LogP contribution in [0.1, 0.15) is 65.8 Å². The number of nitrogens with two attached hydrogens (primary N) is 1. The van der Waals surface area contributed by atoms with E-state index in [0.717, 1.165) is 55.3 Å². The molecule has 3 rings (SSSR count). The van der Waals surface area contributed by atoms with Crippen LogP contribution in [0.2, 0.25) is 0 Å². The smallest absolute Gasteiger partial charge is 0.263 e. The number of benzene rings is 1. The van der Waals surface area contributed by atoms with Crippen LogP contribution in [0, 0.1) is 0 Å². The van der Waals surface area contributed by atoms with Crippen molar-refractivity contribution >= 4 is 5.91 Å². The molecular formula is C22H29N3O2. The number of fused-ring (bicyclic) bond motifs is 1. The quantitative estimate of drug-likeness (QED) is 0.790. The third-order valence-corrected chi connectivity index (χ3v) is 5.32. The molecule has 1 aliphatic carbocycles.